The molecule has 0 aromatic carbocycles. The van der Waals surface area contributed by atoms with E-state index in [2.05, 4.69) is 4.99 Å². The van der Waals surface area contributed by atoms with Gasteiger partial charge in [0, 0.05) is 25.5 Å². The van der Waals surface area contributed by atoms with E-state index < -0.39 is 11.5 Å². The van der Waals surface area contributed by atoms with E-state index in [4.69, 9.17) is 5.73 Å². The lowest BCUT2D eigenvalue weighted by atomic mass is 9.72. The van der Waals surface area contributed by atoms with Crippen molar-refractivity contribution in [2.24, 2.45) is 10.7 Å². The van der Waals surface area contributed by atoms with Gasteiger partial charge in [0.1, 0.15) is 0 Å². The summed E-state index contributed by atoms with van der Waals surface area (Å²) in [5, 5.41) is 0. The fraction of sp³-hybridized carbons (Fsp3) is 0.667. The first-order valence-corrected chi connectivity index (χ1v) is 3.92. The lowest BCUT2D eigenvalue weighted by Gasteiger charge is -2.44. The summed E-state index contributed by atoms with van der Waals surface area (Å²) >= 11 is 0. The Morgan fingerprint density at radius 3 is 2.38 bits per heavy atom. The topological polar surface area (TPSA) is 38.4 Å². The lowest BCUT2D eigenvalue weighted by Crippen LogP contribution is -2.58. The first kappa shape index (κ1) is 10.3. The summed E-state index contributed by atoms with van der Waals surface area (Å²) in [6.07, 6.45) is 3.71. The van der Waals surface area contributed by atoms with Crippen molar-refractivity contribution in [1.82, 2.24) is 0 Å². The smallest absolute Gasteiger partial charge is 0.252 e. The van der Waals surface area contributed by atoms with Gasteiger partial charge in [-0.15, -0.1) is 0 Å². The van der Waals surface area contributed by atoms with Crippen LogP contribution in [0.25, 0.3) is 0 Å². The average Bonchev–Trinajstić information content (AvgIpc) is 2.31. The third kappa shape index (κ3) is 1.63. The molecule has 1 aliphatic carbocycles. The van der Waals surface area contributed by atoms with Gasteiger partial charge < -0.3 is 5.73 Å². The van der Waals surface area contributed by atoms with Crippen LogP contribution >= 0.6 is 0 Å². The summed E-state index contributed by atoms with van der Waals surface area (Å²) in [7, 11) is 0. The molecule has 1 fully saturated rings. The minimum Gasteiger partial charge on any atom is -0.320 e. The van der Waals surface area contributed by atoms with Crippen LogP contribution in [0.1, 0.15) is 26.7 Å². The monoisotopic (exact) mass is 188 g/mol. The first-order valence-electron chi connectivity index (χ1n) is 3.92. The SMILES string of the molecule is C.NC1(C2=CCC=N2)CC(F)(F)C1. The molecule has 0 unspecified atom stereocenters. The zero-order valence-electron chi connectivity index (χ0n) is 6.56. The Balaban J connectivity index is 0.000000845. The van der Waals surface area contributed by atoms with Crippen molar-refractivity contribution in [1.29, 1.82) is 0 Å². The number of alkyl halides is 2. The van der Waals surface area contributed by atoms with Crippen molar-refractivity contribution in [3.63, 3.8) is 0 Å². The normalized spacial score (nSPS) is 27.5. The van der Waals surface area contributed by atoms with Crippen LogP contribution in [0.15, 0.2) is 16.8 Å². The molecule has 0 atom stereocenters. The van der Waals surface area contributed by atoms with Gasteiger partial charge in [-0.25, -0.2) is 8.78 Å². The van der Waals surface area contributed by atoms with Crippen molar-refractivity contribution in [2.75, 3.05) is 0 Å². The second kappa shape index (κ2) is 2.87. The summed E-state index contributed by atoms with van der Waals surface area (Å²) in [4.78, 5) is 3.97. The molecule has 0 aromatic heterocycles. The predicted octanol–water partition coefficient (Wildman–Crippen LogP) is 2.11. The van der Waals surface area contributed by atoms with E-state index in [1.807, 2.05) is 6.08 Å². The van der Waals surface area contributed by atoms with Crippen LogP contribution in [-0.2, 0) is 0 Å². The number of hydrogen-bond donors (Lipinski definition) is 1. The number of nitrogens with zero attached hydrogens (tertiary/aromatic N) is 1. The van der Waals surface area contributed by atoms with E-state index in [1.165, 1.54) is 0 Å². The van der Waals surface area contributed by atoms with Crippen LogP contribution in [0.5, 0.6) is 0 Å². The molecule has 0 radical (unpaired) electrons. The average molecular weight is 188 g/mol. The number of rotatable bonds is 1. The zero-order chi connectivity index (χ0) is 8.82. The molecule has 1 aliphatic heterocycles. The number of halogens is 2. The second-order valence-electron chi connectivity index (χ2n) is 3.50. The van der Waals surface area contributed by atoms with E-state index >= 15 is 0 Å². The van der Waals surface area contributed by atoms with E-state index in [-0.39, 0.29) is 20.3 Å². The van der Waals surface area contributed by atoms with Crippen LogP contribution in [0, 0.1) is 0 Å². The molecule has 1 heterocycles. The molecule has 2 rings (SSSR count). The van der Waals surface area contributed by atoms with Gasteiger partial charge in [0.05, 0.1) is 11.2 Å². The number of aliphatic imine (C=N–C) groups is 1. The minimum atomic E-state index is -2.58. The molecule has 1 saturated carbocycles. The van der Waals surface area contributed by atoms with Crippen molar-refractivity contribution < 1.29 is 8.78 Å². The van der Waals surface area contributed by atoms with Gasteiger partial charge in [-0.3, -0.25) is 4.99 Å². The summed E-state index contributed by atoms with van der Waals surface area (Å²) in [5.41, 5.74) is 5.50. The Labute approximate surface area is 76.5 Å². The molecule has 74 valence electrons. The predicted molar refractivity (Wildman–Crippen MR) is 49.0 cm³/mol. The summed E-state index contributed by atoms with van der Waals surface area (Å²) < 4.78 is 25.1. The molecule has 4 heteroatoms. The maximum absolute atomic E-state index is 12.5. The fourth-order valence-electron chi connectivity index (χ4n) is 1.75. The molecule has 2 nitrogen and oxygen atoms in total. The van der Waals surface area contributed by atoms with Crippen molar-refractivity contribution in [3.05, 3.63) is 11.8 Å². The van der Waals surface area contributed by atoms with Gasteiger partial charge in [0.25, 0.3) is 5.92 Å². The van der Waals surface area contributed by atoms with Crippen LogP contribution in [-0.4, -0.2) is 17.7 Å². The largest absolute Gasteiger partial charge is 0.320 e. The van der Waals surface area contributed by atoms with Crippen molar-refractivity contribution in [2.45, 2.75) is 38.2 Å². The van der Waals surface area contributed by atoms with Crippen molar-refractivity contribution in [3.8, 4) is 0 Å². The number of nitrogens with two attached hydrogens (primary N) is 1. The standard InChI is InChI=1S/C8H10F2N2.CH4/c9-8(10)4-7(11,5-8)6-2-1-3-12-6;/h2-3H,1,4-5,11H2;1H4. The zero-order valence-corrected chi connectivity index (χ0v) is 6.56. The molecular formula is C9H14F2N2. The third-order valence-corrected chi connectivity index (χ3v) is 2.31. The maximum Gasteiger partial charge on any atom is 0.252 e. The van der Waals surface area contributed by atoms with E-state index in [1.54, 1.807) is 6.21 Å². The minimum absolute atomic E-state index is 0. The maximum atomic E-state index is 12.5. The highest BCUT2D eigenvalue weighted by Gasteiger charge is 2.56. The Hall–Kier alpha value is -0.770. The Morgan fingerprint density at radius 2 is 2.00 bits per heavy atom. The van der Waals surface area contributed by atoms with Gasteiger partial charge >= 0.3 is 0 Å². The molecule has 2 aliphatic rings. The Morgan fingerprint density at radius 1 is 1.38 bits per heavy atom. The molecular weight excluding hydrogens is 174 g/mol. The van der Waals surface area contributed by atoms with Gasteiger partial charge in [-0.2, -0.15) is 0 Å². The quantitative estimate of drug-likeness (QED) is 0.672. The van der Waals surface area contributed by atoms with E-state index in [0.717, 1.165) is 6.42 Å². The second-order valence-corrected chi connectivity index (χ2v) is 3.50. The van der Waals surface area contributed by atoms with E-state index in [0.29, 0.717) is 5.70 Å². The van der Waals surface area contributed by atoms with Gasteiger partial charge in [-0.1, -0.05) is 13.5 Å². The number of hydrogen-bond acceptors (Lipinski definition) is 2. The first-order chi connectivity index (χ1) is 5.52. The molecule has 13 heavy (non-hydrogen) atoms. The fourth-order valence-corrected chi connectivity index (χ4v) is 1.75. The van der Waals surface area contributed by atoms with Crippen LogP contribution in [0.4, 0.5) is 8.78 Å². The molecule has 0 saturated heterocycles. The van der Waals surface area contributed by atoms with Gasteiger partial charge in [0.15, 0.2) is 0 Å². The number of allylic oxidation sites excluding steroid dienone is 1. The van der Waals surface area contributed by atoms with Crippen LogP contribution in [0.3, 0.4) is 0 Å². The molecule has 0 bridgehead atoms. The summed E-state index contributed by atoms with van der Waals surface area (Å²) in [5.74, 6) is -2.58. The summed E-state index contributed by atoms with van der Waals surface area (Å²) in [6, 6.07) is 0. The highest BCUT2D eigenvalue weighted by molar-refractivity contribution is 5.66. The Bertz CT molecular complexity index is 261. The van der Waals surface area contributed by atoms with Crippen LogP contribution < -0.4 is 5.73 Å². The molecule has 2 N–H and O–H groups in total. The van der Waals surface area contributed by atoms with Crippen molar-refractivity contribution >= 4 is 6.21 Å². The third-order valence-electron chi connectivity index (χ3n) is 2.31. The van der Waals surface area contributed by atoms with Gasteiger partial charge in [-0.05, 0) is 0 Å². The van der Waals surface area contributed by atoms with Gasteiger partial charge in [0.2, 0.25) is 0 Å². The van der Waals surface area contributed by atoms with Crippen LogP contribution in [0.2, 0.25) is 0 Å². The van der Waals surface area contributed by atoms with E-state index in [9.17, 15) is 8.78 Å². The lowest BCUT2D eigenvalue weighted by molar-refractivity contribution is -0.110. The molecule has 0 amide bonds. The molecule has 0 spiro atoms. The molecule has 0 aromatic rings. The summed E-state index contributed by atoms with van der Waals surface area (Å²) in [6.45, 7) is 0. The highest BCUT2D eigenvalue weighted by Crippen LogP contribution is 2.48. The Kier molecular flexibility index (Phi) is 2.28. The highest BCUT2D eigenvalue weighted by atomic mass is 19.3.